The van der Waals surface area contributed by atoms with Crippen molar-refractivity contribution in [3.05, 3.63) is 34.3 Å². The van der Waals surface area contributed by atoms with Crippen LogP contribution in [0.4, 0.5) is 5.82 Å². The van der Waals surface area contributed by atoms with Gasteiger partial charge in [0.05, 0.1) is 5.69 Å². The molecule has 0 saturated carbocycles. The van der Waals surface area contributed by atoms with E-state index >= 15 is 0 Å². The second kappa shape index (κ2) is 5.80. The number of benzene rings is 1. The van der Waals surface area contributed by atoms with Crippen LogP contribution < -0.4 is 5.73 Å². The van der Waals surface area contributed by atoms with Gasteiger partial charge in [0.25, 0.3) is 0 Å². The van der Waals surface area contributed by atoms with Crippen LogP contribution in [-0.2, 0) is 0 Å². The molecule has 0 unspecified atom stereocenters. The summed E-state index contributed by atoms with van der Waals surface area (Å²) < 4.78 is 2.87. The van der Waals surface area contributed by atoms with Crippen LogP contribution >= 0.6 is 27.7 Å². The smallest absolute Gasteiger partial charge is 0.128 e. The third-order valence-electron chi connectivity index (χ3n) is 2.56. The maximum atomic E-state index is 6.03. The molecule has 0 aliphatic rings. The molecule has 1 heterocycles. The highest BCUT2D eigenvalue weighted by Crippen LogP contribution is 2.25. The highest BCUT2D eigenvalue weighted by molar-refractivity contribution is 9.10. The molecule has 2 aromatic rings. The Bertz CT molecular complexity index is 551. The van der Waals surface area contributed by atoms with Gasteiger partial charge in [0.1, 0.15) is 10.8 Å². The molecular weight excluding hydrogens is 310 g/mol. The average molecular weight is 326 g/mol. The molecule has 2 N–H and O–H groups in total. The minimum atomic E-state index is 0.680. The lowest BCUT2D eigenvalue weighted by Gasteiger charge is -2.07. The highest BCUT2D eigenvalue weighted by atomic mass is 79.9. The molecule has 0 spiro atoms. The molecule has 0 saturated heterocycles. The van der Waals surface area contributed by atoms with Crippen molar-refractivity contribution >= 4 is 33.5 Å². The number of hydrogen-bond donors (Lipinski definition) is 1. The van der Waals surface area contributed by atoms with Crippen molar-refractivity contribution in [3.63, 3.8) is 0 Å². The lowest BCUT2D eigenvalue weighted by Crippen LogP contribution is -2.03. The number of nitrogens with zero attached hydrogens (tertiary/aromatic N) is 2. The zero-order valence-corrected chi connectivity index (χ0v) is 12.9. The van der Waals surface area contributed by atoms with E-state index in [1.807, 2.05) is 18.2 Å². The Labute approximate surface area is 120 Å². The topological polar surface area (TPSA) is 43.8 Å². The minimum Gasteiger partial charge on any atom is -0.384 e. The number of nitrogen functional groups attached to an aromatic ring is 1. The summed E-state index contributed by atoms with van der Waals surface area (Å²) in [6.07, 6.45) is 1.13. The van der Waals surface area contributed by atoms with Gasteiger partial charge in [0.2, 0.25) is 0 Å². The van der Waals surface area contributed by atoms with Crippen LogP contribution in [0.3, 0.4) is 0 Å². The van der Waals surface area contributed by atoms with Crippen molar-refractivity contribution in [1.82, 2.24) is 9.78 Å². The first kappa shape index (κ1) is 13.5. The number of anilines is 1. The van der Waals surface area contributed by atoms with E-state index in [4.69, 9.17) is 5.73 Å². The molecule has 3 nitrogen and oxygen atoms in total. The zero-order chi connectivity index (χ0) is 13.1. The first-order valence-corrected chi connectivity index (χ1v) is 7.64. The fourth-order valence-corrected chi connectivity index (χ4v) is 2.93. The Morgan fingerprint density at radius 3 is 2.83 bits per heavy atom. The van der Waals surface area contributed by atoms with Crippen LogP contribution in [0.5, 0.6) is 0 Å². The SMILES string of the molecule is CCCSc1cc(N)n(-c2ccc(Br)cc2C)n1. The maximum Gasteiger partial charge on any atom is 0.128 e. The number of thioether (sulfide) groups is 1. The summed E-state index contributed by atoms with van der Waals surface area (Å²) in [6, 6.07) is 8.02. The Kier molecular flexibility index (Phi) is 4.35. The molecule has 96 valence electrons. The van der Waals surface area contributed by atoms with Crippen LogP contribution in [-0.4, -0.2) is 15.5 Å². The van der Waals surface area contributed by atoms with Gasteiger partial charge in [-0.05, 0) is 42.9 Å². The van der Waals surface area contributed by atoms with Crippen molar-refractivity contribution in [2.45, 2.75) is 25.3 Å². The fourth-order valence-electron chi connectivity index (χ4n) is 1.70. The highest BCUT2D eigenvalue weighted by Gasteiger charge is 2.09. The summed E-state index contributed by atoms with van der Waals surface area (Å²) in [4.78, 5) is 0. The Morgan fingerprint density at radius 2 is 2.17 bits per heavy atom. The van der Waals surface area contributed by atoms with E-state index in [0.29, 0.717) is 5.82 Å². The van der Waals surface area contributed by atoms with Gasteiger partial charge in [-0.2, -0.15) is 5.10 Å². The van der Waals surface area contributed by atoms with E-state index in [2.05, 4.69) is 40.9 Å². The van der Waals surface area contributed by atoms with Gasteiger partial charge in [-0.3, -0.25) is 0 Å². The zero-order valence-electron chi connectivity index (χ0n) is 10.5. The van der Waals surface area contributed by atoms with Gasteiger partial charge >= 0.3 is 0 Å². The summed E-state index contributed by atoms with van der Waals surface area (Å²) in [5.74, 6) is 1.74. The summed E-state index contributed by atoms with van der Waals surface area (Å²) in [7, 11) is 0. The molecule has 0 radical (unpaired) electrons. The molecule has 0 amide bonds. The monoisotopic (exact) mass is 325 g/mol. The summed E-state index contributed by atoms with van der Waals surface area (Å²) in [5.41, 5.74) is 8.20. The van der Waals surface area contributed by atoms with E-state index in [0.717, 1.165) is 32.9 Å². The lowest BCUT2D eigenvalue weighted by atomic mass is 10.2. The number of hydrogen-bond acceptors (Lipinski definition) is 3. The quantitative estimate of drug-likeness (QED) is 0.863. The Morgan fingerprint density at radius 1 is 1.39 bits per heavy atom. The van der Waals surface area contributed by atoms with E-state index in [9.17, 15) is 0 Å². The van der Waals surface area contributed by atoms with Gasteiger partial charge in [-0.1, -0.05) is 22.9 Å². The second-order valence-corrected chi connectivity index (χ2v) is 6.13. The van der Waals surface area contributed by atoms with Gasteiger partial charge in [0.15, 0.2) is 0 Å². The lowest BCUT2D eigenvalue weighted by molar-refractivity contribution is 0.839. The van der Waals surface area contributed by atoms with Crippen LogP contribution in [0.15, 0.2) is 33.8 Å². The number of nitrogens with two attached hydrogens (primary N) is 1. The molecule has 1 aromatic carbocycles. The van der Waals surface area contributed by atoms with Gasteiger partial charge in [-0.25, -0.2) is 4.68 Å². The molecule has 0 aliphatic heterocycles. The molecule has 1 aromatic heterocycles. The van der Waals surface area contributed by atoms with Gasteiger partial charge in [-0.15, -0.1) is 11.8 Å². The van der Waals surface area contributed by atoms with E-state index < -0.39 is 0 Å². The third kappa shape index (κ3) is 2.90. The van der Waals surface area contributed by atoms with Crippen molar-refractivity contribution in [1.29, 1.82) is 0 Å². The fraction of sp³-hybridized carbons (Fsp3) is 0.308. The minimum absolute atomic E-state index is 0.680. The first-order valence-electron chi connectivity index (χ1n) is 5.86. The van der Waals surface area contributed by atoms with E-state index in [-0.39, 0.29) is 0 Å². The predicted molar refractivity (Wildman–Crippen MR) is 81.4 cm³/mol. The van der Waals surface area contributed by atoms with Crippen LogP contribution in [0.2, 0.25) is 0 Å². The van der Waals surface area contributed by atoms with E-state index in [1.165, 1.54) is 0 Å². The largest absolute Gasteiger partial charge is 0.384 e. The van der Waals surface area contributed by atoms with Crippen LogP contribution in [0.1, 0.15) is 18.9 Å². The third-order valence-corrected chi connectivity index (χ3v) is 4.16. The molecule has 0 fully saturated rings. The molecule has 2 rings (SSSR count). The van der Waals surface area contributed by atoms with Crippen LogP contribution in [0.25, 0.3) is 5.69 Å². The molecule has 0 bridgehead atoms. The van der Waals surface area contributed by atoms with Crippen molar-refractivity contribution < 1.29 is 0 Å². The predicted octanol–water partition coefficient (Wildman–Crippen LogP) is 4.03. The molecular formula is C13H16BrN3S. The van der Waals surface area contributed by atoms with Gasteiger partial charge in [0, 0.05) is 10.5 Å². The van der Waals surface area contributed by atoms with E-state index in [1.54, 1.807) is 16.4 Å². The molecule has 0 atom stereocenters. The van der Waals surface area contributed by atoms with Crippen molar-refractivity contribution in [2.24, 2.45) is 0 Å². The number of halogens is 1. The van der Waals surface area contributed by atoms with Crippen LogP contribution in [0, 0.1) is 6.92 Å². The summed E-state index contributed by atoms with van der Waals surface area (Å²) in [6.45, 7) is 4.21. The van der Waals surface area contributed by atoms with Crippen molar-refractivity contribution in [2.75, 3.05) is 11.5 Å². The Hall–Kier alpha value is -0.940. The average Bonchev–Trinajstić information content (AvgIpc) is 2.68. The normalized spacial score (nSPS) is 10.8. The number of rotatable bonds is 4. The summed E-state index contributed by atoms with van der Waals surface area (Å²) in [5, 5.41) is 5.53. The number of aromatic nitrogens is 2. The summed E-state index contributed by atoms with van der Waals surface area (Å²) >= 11 is 5.20. The number of aryl methyl sites for hydroxylation is 1. The van der Waals surface area contributed by atoms with Crippen molar-refractivity contribution in [3.8, 4) is 5.69 Å². The van der Waals surface area contributed by atoms with Gasteiger partial charge < -0.3 is 5.73 Å². The Balaban J connectivity index is 2.35. The molecule has 18 heavy (non-hydrogen) atoms. The molecule has 0 aliphatic carbocycles. The maximum absolute atomic E-state index is 6.03. The second-order valence-electron chi connectivity index (χ2n) is 4.10. The standard InChI is InChI=1S/C13H16BrN3S/c1-3-6-18-13-8-12(15)17(16-13)11-5-4-10(14)7-9(11)2/h4-5,7-8H,3,6,15H2,1-2H3. The first-order chi connectivity index (χ1) is 8.61. The molecule has 5 heteroatoms.